The standard InChI is InChI=1S/C25H23N3O/c1-28-14-6-8-19-15-18(12-13-24(19)28)17-27-25(29)23-11-5-4-10-22(23)21-9-3-2-7-20(21)16-26/h2-5,7,9-13,15H,6,8,14,17H2,1H3,(H,27,29). The first kappa shape index (κ1) is 18.8. The van der Waals surface area contributed by atoms with Crippen LogP contribution < -0.4 is 10.2 Å². The molecule has 0 radical (unpaired) electrons. The SMILES string of the molecule is CN1CCCc2cc(CNC(=O)c3ccccc3-c3ccccc3C#N)ccc21. The van der Waals surface area contributed by atoms with Crippen molar-refractivity contribution >= 4 is 11.6 Å². The Kier molecular flexibility index (Phi) is 5.31. The van der Waals surface area contributed by atoms with Crippen molar-refractivity contribution in [1.82, 2.24) is 5.32 Å². The van der Waals surface area contributed by atoms with E-state index in [1.165, 1.54) is 11.3 Å². The molecule has 29 heavy (non-hydrogen) atoms. The van der Waals surface area contributed by atoms with Gasteiger partial charge in [0.25, 0.3) is 5.91 Å². The molecule has 4 nitrogen and oxygen atoms in total. The molecule has 0 aliphatic carbocycles. The van der Waals surface area contributed by atoms with Gasteiger partial charge in [-0.1, -0.05) is 48.5 Å². The number of carbonyl (C=O) groups is 1. The van der Waals surface area contributed by atoms with Crippen molar-refractivity contribution < 1.29 is 4.79 Å². The zero-order chi connectivity index (χ0) is 20.2. The Morgan fingerprint density at radius 2 is 1.83 bits per heavy atom. The van der Waals surface area contributed by atoms with E-state index in [2.05, 4.69) is 41.5 Å². The third-order valence-electron chi connectivity index (χ3n) is 5.46. The fraction of sp³-hybridized carbons (Fsp3) is 0.200. The number of amides is 1. The highest BCUT2D eigenvalue weighted by molar-refractivity contribution is 6.01. The second-order valence-corrected chi connectivity index (χ2v) is 7.37. The summed E-state index contributed by atoms with van der Waals surface area (Å²) in [6.07, 6.45) is 2.24. The number of nitriles is 1. The predicted molar refractivity (Wildman–Crippen MR) is 116 cm³/mol. The minimum absolute atomic E-state index is 0.136. The van der Waals surface area contributed by atoms with Gasteiger partial charge in [-0.2, -0.15) is 5.26 Å². The summed E-state index contributed by atoms with van der Waals surface area (Å²) in [5, 5.41) is 12.5. The Labute approximate surface area is 171 Å². The maximum Gasteiger partial charge on any atom is 0.252 e. The Morgan fingerprint density at radius 3 is 2.66 bits per heavy atom. The lowest BCUT2D eigenvalue weighted by Gasteiger charge is -2.27. The molecule has 1 N–H and O–H groups in total. The zero-order valence-electron chi connectivity index (χ0n) is 16.5. The van der Waals surface area contributed by atoms with Crippen LogP contribution in [0, 0.1) is 11.3 Å². The minimum atomic E-state index is -0.136. The van der Waals surface area contributed by atoms with Crippen LogP contribution in [0.2, 0.25) is 0 Å². The molecule has 1 aliphatic rings. The van der Waals surface area contributed by atoms with Crippen LogP contribution in [0.25, 0.3) is 11.1 Å². The van der Waals surface area contributed by atoms with Gasteiger partial charge in [-0.3, -0.25) is 4.79 Å². The van der Waals surface area contributed by atoms with Crippen molar-refractivity contribution in [1.29, 1.82) is 5.26 Å². The number of aryl methyl sites for hydroxylation is 1. The Hall–Kier alpha value is -3.58. The smallest absolute Gasteiger partial charge is 0.252 e. The monoisotopic (exact) mass is 381 g/mol. The quantitative estimate of drug-likeness (QED) is 0.722. The summed E-state index contributed by atoms with van der Waals surface area (Å²) >= 11 is 0. The lowest BCUT2D eigenvalue weighted by atomic mass is 9.95. The van der Waals surface area contributed by atoms with Crippen molar-refractivity contribution in [3.8, 4) is 17.2 Å². The summed E-state index contributed by atoms with van der Waals surface area (Å²) < 4.78 is 0. The van der Waals surface area contributed by atoms with Crippen molar-refractivity contribution in [2.45, 2.75) is 19.4 Å². The van der Waals surface area contributed by atoms with Crippen molar-refractivity contribution in [2.75, 3.05) is 18.5 Å². The van der Waals surface area contributed by atoms with Crippen molar-refractivity contribution in [3.05, 3.63) is 89.0 Å². The lowest BCUT2D eigenvalue weighted by Crippen LogP contribution is -2.26. The van der Waals surface area contributed by atoms with Gasteiger partial charge >= 0.3 is 0 Å². The molecule has 4 rings (SSSR count). The molecule has 3 aromatic rings. The predicted octanol–water partition coefficient (Wildman–Crippen LogP) is 4.54. The second-order valence-electron chi connectivity index (χ2n) is 7.37. The number of nitrogens with zero attached hydrogens (tertiary/aromatic N) is 2. The number of anilines is 1. The third-order valence-corrected chi connectivity index (χ3v) is 5.46. The maximum atomic E-state index is 13.0. The summed E-state index contributed by atoms with van der Waals surface area (Å²) in [7, 11) is 2.12. The topological polar surface area (TPSA) is 56.1 Å². The third kappa shape index (κ3) is 3.86. The summed E-state index contributed by atoms with van der Waals surface area (Å²) in [4.78, 5) is 15.2. The highest BCUT2D eigenvalue weighted by Crippen LogP contribution is 2.28. The lowest BCUT2D eigenvalue weighted by molar-refractivity contribution is 0.0951. The van der Waals surface area contributed by atoms with E-state index in [4.69, 9.17) is 0 Å². The molecule has 0 atom stereocenters. The molecule has 0 spiro atoms. The van der Waals surface area contributed by atoms with Crippen molar-refractivity contribution in [3.63, 3.8) is 0 Å². The van der Waals surface area contributed by atoms with E-state index in [9.17, 15) is 10.1 Å². The molecule has 3 aromatic carbocycles. The number of hydrogen-bond acceptors (Lipinski definition) is 3. The Morgan fingerprint density at radius 1 is 1.07 bits per heavy atom. The van der Waals surface area contributed by atoms with E-state index in [0.29, 0.717) is 17.7 Å². The first-order valence-electron chi connectivity index (χ1n) is 9.87. The molecule has 0 bridgehead atoms. The molecule has 0 fully saturated rings. The fourth-order valence-corrected chi connectivity index (χ4v) is 3.96. The van der Waals surface area contributed by atoms with Gasteiger partial charge in [0, 0.05) is 37.0 Å². The maximum absolute atomic E-state index is 13.0. The summed E-state index contributed by atoms with van der Waals surface area (Å²) in [5.41, 5.74) is 6.41. The average Bonchev–Trinajstić information content (AvgIpc) is 2.77. The molecular weight excluding hydrogens is 358 g/mol. The van der Waals surface area contributed by atoms with Crippen LogP contribution in [0.4, 0.5) is 5.69 Å². The van der Waals surface area contributed by atoms with E-state index in [-0.39, 0.29) is 5.91 Å². The molecule has 0 saturated carbocycles. The molecule has 1 aliphatic heterocycles. The van der Waals surface area contributed by atoms with Gasteiger partial charge in [0.1, 0.15) is 0 Å². The highest BCUT2D eigenvalue weighted by atomic mass is 16.1. The van der Waals surface area contributed by atoms with Crippen molar-refractivity contribution in [2.24, 2.45) is 0 Å². The van der Waals surface area contributed by atoms with Crippen LogP contribution in [0.15, 0.2) is 66.7 Å². The molecule has 4 heteroatoms. The number of carbonyl (C=O) groups excluding carboxylic acids is 1. The summed E-state index contributed by atoms with van der Waals surface area (Å²) in [6.45, 7) is 1.56. The van der Waals surface area contributed by atoms with Crippen LogP contribution in [-0.2, 0) is 13.0 Å². The van der Waals surface area contributed by atoms with Crippen LogP contribution in [-0.4, -0.2) is 19.5 Å². The van der Waals surface area contributed by atoms with Gasteiger partial charge in [-0.05, 0) is 47.7 Å². The average molecular weight is 381 g/mol. The molecule has 0 aromatic heterocycles. The van der Waals surface area contributed by atoms with Crippen LogP contribution in [0.3, 0.4) is 0 Å². The number of benzene rings is 3. The normalized spacial score (nSPS) is 12.8. The molecular formula is C25H23N3O. The molecule has 0 unspecified atom stereocenters. The van der Waals surface area contributed by atoms with Crippen LogP contribution >= 0.6 is 0 Å². The molecule has 0 saturated heterocycles. The van der Waals surface area contributed by atoms with E-state index < -0.39 is 0 Å². The Balaban J connectivity index is 1.55. The van der Waals surface area contributed by atoms with Gasteiger partial charge in [0.15, 0.2) is 0 Å². The number of rotatable bonds is 4. The zero-order valence-corrected chi connectivity index (χ0v) is 16.5. The largest absolute Gasteiger partial charge is 0.374 e. The van der Waals surface area contributed by atoms with Crippen LogP contribution in [0.5, 0.6) is 0 Å². The first-order valence-corrected chi connectivity index (χ1v) is 9.87. The first-order chi connectivity index (χ1) is 14.2. The summed E-state index contributed by atoms with van der Waals surface area (Å²) in [5.74, 6) is -0.136. The highest BCUT2D eigenvalue weighted by Gasteiger charge is 2.16. The van der Waals surface area contributed by atoms with Gasteiger partial charge in [-0.15, -0.1) is 0 Å². The van der Waals surface area contributed by atoms with E-state index in [1.807, 2.05) is 36.4 Å². The fourth-order valence-electron chi connectivity index (χ4n) is 3.96. The summed E-state index contributed by atoms with van der Waals surface area (Å²) in [6, 6.07) is 23.4. The van der Waals surface area contributed by atoms with E-state index in [0.717, 1.165) is 36.1 Å². The number of fused-ring (bicyclic) bond motifs is 1. The van der Waals surface area contributed by atoms with Gasteiger partial charge in [-0.25, -0.2) is 0 Å². The number of hydrogen-bond donors (Lipinski definition) is 1. The second kappa shape index (κ2) is 8.20. The Bertz CT molecular complexity index is 1100. The van der Waals surface area contributed by atoms with E-state index in [1.54, 1.807) is 12.1 Å². The van der Waals surface area contributed by atoms with Crippen LogP contribution in [0.1, 0.15) is 33.5 Å². The van der Waals surface area contributed by atoms with Gasteiger partial charge in [0.2, 0.25) is 0 Å². The molecule has 1 heterocycles. The molecule has 1 amide bonds. The van der Waals surface area contributed by atoms with Gasteiger partial charge < -0.3 is 10.2 Å². The van der Waals surface area contributed by atoms with Gasteiger partial charge in [0.05, 0.1) is 11.6 Å². The van der Waals surface area contributed by atoms with E-state index >= 15 is 0 Å². The molecule has 144 valence electrons. The number of nitrogens with one attached hydrogen (secondary N) is 1. The minimum Gasteiger partial charge on any atom is -0.374 e.